The average molecular weight is 405 g/mol. The number of rotatable bonds is 7. The molecule has 4 rings (SSSR count). The lowest BCUT2D eigenvalue weighted by molar-refractivity contribution is 0.400. The number of fused-ring (bicyclic) bond motifs is 1. The molecule has 0 atom stereocenters. The first-order valence-corrected chi connectivity index (χ1v) is 9.84. The molecule has 4 aromatic rings. The van der Waals surface area contributed by atoms with Gasteiger partial charge in [-0.05, 0) is 44.4 Å². The number of benzene rings is 2. The molecule has 2 N–H and O–H groups in total. The maximum atomic E-state index is 13.9. The molecule has 0 aliphatic heterocycles. The third-order valence-corrected chi connectivity index (χ3v) is 4.91. The van der Waals surface area contributed by atoms with Gasteiger partial charge in [-0.2, -0.15) is 5.10 Å². The number of hydrogen-bond donors (Lipinski definition) is 2. The standard InChI is InChI=1S/C23H24FN5O/c1-28(2)12-11-25-15-17-14-20-21(16-7-6-8-18(24)13-16)27-29(22(20)26-23(17)30)19-9-4-3-5-10-19/h3-10,13-14,25H,11-12,15H2,1-2H3,(H,26,30). The Morgan fingerprint density at radius 3 is 2.63 bits per heavy atom. The van der Waals surface area contributed by atoms with Crippen LogP contribution in [0.1, 0.15) is 5.56 Å². The molecule has 2 heterocycles. The number of nitrogens with one attached hydrogen (secondary N) is 2. The first kappa shape index (κ1) is 20.0. The van der Waals surface area contributed by atoms with Crippen molar-refractivity contribution in [3.63, 3.8) is 0 Å². The molecule has 0 amide bonds. The Hall–Kier alpha value is -3.29. The van der Waals surface area contributed by atoms with Crippen molar-refractivity contribution < 1.29 is 4.39 Å². The van der Waals surface area contributed by atoms with Gasteiger partial charge in [0.25, 0.3) is 5.56 Å². The molecule has 0 aliphatic rings. The SMILES string of the molecule is CN(C)CCNCc1cc2c(-c3cccc(F)c3)nn(-c3ccccc3)c2[nH]c1=O. The van der Waals surface area contributed by atoms with Gasteiger partial charge in [0.05, 0.1) is 5.69 Å². The summed E-state index contributed by atoms with van der Waals surface area (Å²) in [6.07, 6.45) is 0. The highest BCUT2D eigenvalue weighted by Crippen LogP contribution is 2.29. The van der Waals surface area contributed by atoms with Gasteiger partial charge in [0, 0.05) is 36.1 Å². The topological polar surface area (TPSA) is 66.0 Å². The van der Waals surface area contributed by atoms with Crippen LogP contribution in [-0.2, 0) is 6.54 Å². The number of hydrogen-bond acceptors (Lipinski definition) is 4. The molecule has 154 valence electrons. The lowest BCUT2D eigenvalue weighted by atomic mass is 10.1. The molecule has 0 saturated carbocycles. The smallest absolute Gasteiger partial charge is 0.254 e. The number of halogens is 1. The van der Waals surface area contributed by atoms with E-state index in [4.69, 9.17) is 5.10 Å². The zero-order valence-electron chi connectivity index (χ0n) is 17.0. The Kier molecular flexibility index (Phi) is 5.74. The number of para-hydroxylation sites is 1. The lowest BCUT2D eigenvalue weighted by Gasteiger charge is -2.10. The Morgan fingerprint density at radius 1 is 1.10 bits per heavy atom. The van der Waals surface area contributed by atoms with Crippen molar-refractivity contribution in [3.05, 3.63) is 82.4 Å². The van der Waals surface area contributed by atoms with Crippen LogP contribution < -0.4 is 10.9 Å². The van der Waals surface area contributed by atoms with Crippen LogP contribution in [0.4, 0.5) is 4.39 Å². The molecule has 7 heteroatoms. The molecule has 0 unspecified atom stereocenters. The van der Waals surface area contributed by atoms with Crippen LogP contribution in [0.2, 0.25) is 0 Å². The van der Waals surface area contributed by atoms with E-state index in [9.17, 15) is 9.18 Å². The van der Waals surface area contributed by atoms with E-state index in [1.807, 2.05) is 56.6 Å². The van der Waals surface area contributed by atoms with Gasteiger partial charge >= 0.3 is 0 Å². The van der Waals surface area contributed by atoms with E-state index in [2.05, 4.69) is 15.2 Å². The molecule has 0 aliphatic carbocycles. The van der Waals surface area contributed by atoms with Crippen molar-refractivity contribution >= 4 is 11.0 Å². The third kappa shape index (κ3) is 4.17. The number of nitrogens with zero attached hydrogens (tertiary/aromatic N) is 3. The number of pyridine rings is 1. The van der Waals surface area contributed by atoms with Gasteiger partial charge in [-0.15, -0.1) is 0 Å². The second kappa shape index (κ2) is 8.61. The van der Waals surface area contributed by atoms with Crippen LogP contribution in [0.5, 0.6) is 0 Å². The second-order valence-electron chi connectivity index (χ2n) is 7.47. The first-order valence-electron chi connectivity index (χ1n) is 9.84. The summed E-state index contributed by atoms with van der Waals surface area (Å²) in [6, 6.07) is 17.8. The fraction of sp³-hybridized carbons (Fsp3) is 0.217. The maximum absolute atomic E-state index is 13.9. The van der Waals surface area contributed by atoms with E-state index in [1.54, 1.807) is 10.7 Å². The van der Waals surface area contributed by atoms with Gasteiger partial charge < -0.3 is 15.2 Å². The summed E-state index contributed by atoms with van der Waals surface area (Å²) in [7, 11) is 4.01. The summed E-state index contributed by atoms with van der Waals surface area (Å²) in [5, 5.41) is 8.79. The first-order chi connectivity index (χ1) is 14.5. The molecule has 2 aromatic carbocycles. The van der Waals surface area contributed by atoms with Gasteiger partial charge in [-0.25, -0.2) is 9.07 Å². The zero-order chi connectivity index (χ0) is 21.1. The minimum absolute atomic E-state index is 0.164. The van der Waals surface area contributed by atoms with Gasteiger partial charge in [-0.3, -0.25) is 4.79 Å². The Labute approximate surface area is 174 Å². The number of aromatic nitrogens is 3. The van der Waals surface area contributed by atoms with E-state index in [0.717, 1.165) is 24.2 Å². The van der Waals surface area contributed by atoms with Crippen LogP contribution in [0.3, 0.4) is 0 Å². The van der Waals surface area contributed by atoms with Crippen molar-refractivity contribution in [2.75, 3.05) is 27.2 Å². The highest BCUT2D eigenvalue weighted by atomic mass is 19.1. The molecule has 0 fully saturated rings. The fourth-order valence-electron chi connectivity index (χ4n) is 3.38. The van der Waals surface area contributed by atoms with Crippen LogP contribution >= 0.6 is 0 Å². The molecule has 0 spiro atoms. The van der Waals surface area contributed by atoms with Crippen LogP contribution in [0.25, 0.3) is 28.0 Å². The lowest BCUT2D eigenvalue weighted by Crippen LogP contribution is -2.28. The summed E-state index contributed by atoms with van der Waals surface area (Å²) in [5.74, 6) is -0.329. The second-order valence-corrected chi connectivity index (χ2v) is 7.47. The van der Waals surface area contributed by atoms with Gasteiger partial charge in [0.15, 0.2) is 0 Å². The quantitative estimate of drug-likeness (QED) is 0.464. The number of likely N-dealkylation sites (N-methyl/N-ethyl adjacent to an activating group) is 1. The summed E-state index contributed by atoms with van der Waals surface area (Å²) in [5.41, 5.74) is 3.14. The largest absolute Gasteiger partial charge is 0.311 e. The number of H-pyrrole nitrogens is 1. The molecular formula is C23H24FN5O. The van der Waals surface area contributed by atoms with Crippen LogP contribution in [0.15, 0.2) is 65.5 Å². The normalized spacial score (nSPS) is 11.5. The Bertz CT molecular complexity index is 1210. The third-order valence-electron chi connectivity index (χ3n) is 4.91. The minimum atomic E-state index is -0.329. The van der Waals surface area contributed by atoms with E-state index >= 15 is 0 Å². The molecular weight excluding hydrogens is 381 g/mol. The predicted octanol–water partition coefficient (Wildman–Crippen LogP) is 3.17. The maximum Gasteiger partial charge on any atom is 0.254 e. The molecule has 30 heavy (non-hydrogen) atoms. The average Bonchev–Trinajstić information content (AvgIpc) is 3.10. The minimum Gasteiger partial charge on any atom is -0.311 e. The monoisotopic (exact) mass is 405 g/mol. The molecule has 0 saturated heterocycles. The van der Waals surface area contributed by atoms with Gasteiger partial charge in [0.2, 0.25) is 0 Å². The summed E-state index contributed by atoms with van der Waals surface area (Å²) < 4.78 is 15.6. The highest BCUT2D eigenvalue weighted by Gasteiger charge is 2.17. The molecule has 6 nitrogen and oxygen atoms in total. The summed E-state index contributed by atoms with van der Waals surface area (Å²) in [4.78, 5) is 17.8. The van der Waals surface area contributed by atoms with Crippen molar-refractivity contribution in [2.45, 2.75) is 6.54 Å². The van der Waals surface area contributed by atoms with E-state index in [-0.39, 0.29) is 11.4 Å². The zero-order valence-corrected chi connectivity index (χ0v) is 17.0. The fourth-order valence-corrected chi connectivity index (χ4v) is 3.38. The molecule has 0 radical (unpaired) electrons. The Morgan fingerprint density at radius 2 is 1.90 bits per heavy atom. The molecule has 2 aromatic heterocycles. The van der Waals surface area contributed by atoms with Crippen LogP contribution in [-0.4, -0.2) is 46.8 Å². The van der Waals surface area contributed by atoms with E-state index in [0.29, 0.717) is 29.0 Å². The van der Waals surface area contributed by atoms with Crippen LogP contribution in [0, 0.1) is 5.82 Å². The van der Waals surface area contributed by atoms with Gasteiger partial charge in [-0.1, -0.05) is 30.3 Å². The number of aromatic amines is 1. The van der Waals surface area contributed by atoms with Crippen molar-refractivity contribution in [1.82, 2.24) is 25.0 Å². The molecule has 0 bridgehead atoms. The van der Waals surface area contributed by atoms with Crippen molar-refractivity contribution in [3.8, 4) is 16.9 Å². The highest BCUT2D eigenvalue weighted by molar-refractivity contribution is 5.92. The van der Waals surface area contributed by atoms with Crippen molar-refractivity contribution in [1.29, 1.82) is 0 Å². The predicted molar refractivity (Wildman–Crippen MR) is 117 cm³/mol. The van der Waals surface area contributed by atoms with E-state index in [1.165, 1.54) is 12.1 Å². The van der Waals surface area contributed by atoms with E-state index < -0.39 is 0 Å². The Balaban J connectivity index is 1.82. The summed E-state index contributed by atoms with van der Waals surface area (Å²) >= 11 is 0. The summed E-state index contributed by atoms with van der Waals surface area (Å²) in [6.45, 7) is 2.09. The van der Waals surface area contributed by atoms with Crippen molar-refractivity contribution in [2.24, 2.45) is 0 Å². The van der Waals surface area contributed by atoms with Gasteiger partial charge in [0.1, 0.15) is 17.2 Å².